The summed E-state index contributed by atoms with van der Waals surface area (Å²) in [5, 5.41) is 4.46. The average molecular weight is 349 g/mol. The van der Waals surface area contributed by atoms with Crippen LogP contribution in [0.1, 0.15) is 37.6 Å². The molecule has 0 radical (unpaired) electrons. The third-order valence-electron chi connectivity index (χ3n) is 5.00. The summed E-state index contributed by atoms with van der Waals surface area (Å²) in [6.45, 7) is 5.84. The van der Waals surface area contributed by atoms with E-state index in [1.54, 1.807) is 0 Å². The summed E-state index contributed by atoms with van der Waals surface area (Å²) >= 11 is 0. The minimum atomic E-state index is -0.357. The first-order chi connectivity index (χ1) is 12.0. The van der Waals surface area contributed by atoms with Gasteiger partial charge in [0.25, 0.3) is 5.91 Å². The van der Waals surface area contributed by atoms with Crippen LogP contribution in [-0.2, 0) is 32.7 Å². The maximum atomic E-state index is 12.9. The van der Waals surface area contributed by atoms with Gasteiger partial charge < -0.3 is 14.4 Å². The largest absolute Gasteiger partial charge is 0.466 e. The highest BCUT2D eigenvalue weighted by Gasteiger charge is 2.46. The van der Waals surface area contributed by atoms with Crippen molar-refractivity contribution in [2.45, 2.75) is 45.8 Å². The molecule has 1 aliphatic carbocycles. The lowest BCUT2D eigenvalue weighted by atomic mass is 10.2. The van der Waals surface area contributed by atoms with E-state index in [-0.39, 0.29) is 29.8 Å². The van der Waals surface area contributed by atoms with E-state index in [0.717, 1.165) is 30.7 Å². The van der Waals surface area contributed by atoms with E-state index in [2.05, 4.69) is 5.10 Å². The van der Waals surface area contributed by atoms with Crippen molar-refractivity contribution in [1.82, 2.24) is 14.7 Å². The predicted octanol–water partition coefficient (Wildman–Crippen LogP) is 1.44. The first kappa shape index (κ1) is 17.9. The molecule has 1 aromatic heterocycles. The van der Waals surface area contributed by atoms with Gasteiger partial charge in [-0.3, -0.25) is 14.3 Å². The first-order valence-corrected chi connectivity index (χ1v) is 9.06. The first-order valence-electron chi connectivity index (χ1n) is 9.06. The maximum absolute atomic E-state index is 12.9. The van der Waals surface area contributed by atoms with E-state index in [0.29, 0.717) is 26.3 Å². The van der Waals surface area contributed by atoms with Crippen molar-refractivity contribution in [3.05, 3.63) is 17.5 Å². The number of aryl methyl sites for hydroxylation is 2. The van der Waals surface area contributed by atoms with Crippen LogP contribution in [-0.4, -0.2) is 52.4 Å². The quantitative estimate of drug-likeness (QED) is 0.697. The smallest absolute Gasteiger partial charge is 0.309 e. The lowest BCUT2D eigenvalue weighted by Gasteiger charge is -2.24. The van der Waals surface area contributed by atoms with E-state index in [1.165, 1.54) is 0 Å². The number of carbonyl (C=O) groups is 2. The molecule has 2 aliphatic rings. The lowest BCUT2D eigenvalue weighted by molar-refractivity contribution is -0.146. The van der Waals surface area contributed by atoms with Gasteiger partial charge in [-0.1, -0.05) is 0 Å². The molecule has 0 bridgehead atoms. The van der Waals surface area contributed by atoms with E-state index in [9.17, 15) is 9.59 Å². The molecule has 1 amide bonds. The van der Waals surface area contributed by atoms with Gasteiger partial charge in [-0.2, -0.15) is 5.10 Å². The molecule has 1 saturated carbocycles. The highest BCUT2D eigenvalue weighted by Crippen LogP contribution is 2.40. The molecular formula is C18H27N3O4. The van der Waals surface area contributed by atoms with Crippen LogP contribution in [0.3, 0.4) is 0 Å². The molecule has 25 heavy (non-hydrogen) atoms. The number of aromatic nitrogens is 2. The molecule has 138 valence electrons. The van der Waals surface area contributed by atoms with Crippen molar-refractivity contribution < 1.29 is 19.1 Å². The lowest BCUT2D eigenvalue weighted by Crippen LogP contribution is -2.40. The molecule has 1 saturated heterocycles. The van der Waals surface area contributed by atoms with E-state index < -0.39 is 0 Å². The van der Waals surface area contributed by atoms with Gasteiger partial charge >= 0.3 is 5.97 Å². The second-order valence-electron chi connectivity index (χ2n) is 6.98. The van der Waals surface area contributed by atoms with Gasteiger partial charge in [-0.15, -0.1) is 0 Å². The van der Waals surface area contributed by atoms with Crippen molar-refractivity contribution in [1.29, 1.82) is 0 Å². The van der Waals surface area contributed by atoms with Crippen LogP contribution in [0.5, 0.6) is 0 Å². The fourth-order valence-electron chi connectivity index (χ4n) is 3.39. The Morgan fingerprint density at radius 1 is 1.48 bits per heavy atom. The van der Waals surface area contributed by atoms with Gasteiger partial charge in [0.1, 0.15) is 6.10 Å². The summed E-state index contributed by atoms with van der Waals surface area (Å²) in [4.78, 5) is 26.5. The Kier molecular flexibility index (Phi) is 5.42. The Labute approximate surface area is 148 Å². The predicted molar refractivity (Wildman–Crippen MR) is 90.6 cm³/mol. The Morgan fingerprint density at radius 2 is 2.28 bits per heavy atom. The van der Waals surface area contributed by atoms with Gasteiger partial charge in [0.15, 0.2) is 0 Å². The van der Waals surface area contributed by atoms with E-state index >= 15 is 0 Å². The molecule has 1 aliphatic heterocycles. The molecule has 0 aromatic carbocycles. The monoisotopic (exact) mass is 349 g/mol. The molecule has 1 aromatic rings. The van der Waals surface area contributed by atoms with Crippen molar-refractivity contribution in [2.24, 2.45) is 18.9 Å². The summed E-state index contributed by atoms with van der Waals surface area (Å²) in [5.41, 5.74) is 1.91. The van der Waals surface area contributed by atoms with Crippen molar-refractivity contribution in [3.8, 4) is 0 Å². The molecule has 7 heteroatoms. The summed E-state index contributed by atoms with van der Waals surface area (Å²) in [6, 6.07) is 1.99. The number of hydrogen-bond acceptors (Lipinski definition) is 5. The number of rotatable bonds is 7. The van der Waals surface area contributed by atoms with Crippen LogP contribution in [0, 0.1) is 18.8 Å². The number of hydrogen-bond donors (Lipinski definition) is 0. The van der Waals surface area contributed by atoms with Crippen LogP contribution in [0.15, 0.2) is 6.07 Å². The molecule has 7 nitrogen and oxygen atoms in total. The van der Waals surface area contributed by atoms with E-state index in [1.807, 2.05) is 36.5 Å². The summed E-state index contributed by atoms with van der Waals surface area (Å²) in [7, 11) is 1.89. The highest BCUT2D eigenvalue weighted by atomic mass is 16.5. The Bertz CT molecular complexity index is 617. The van der Waals surface area contributed by atoms with Crippen molar-refractivity contribution >= 4 is 11.9 Å². The van der Waals surface area contributed by atoms with Crippen LogP contribution in [0.2, 0.25) is 0 Å². The second kappa shape index (κ2) is 7.56. The normalized spacial score (nSPS) is 25.0. The van der Waals surface area contributed by atoms with Gasteiger partial charge in [-0.05, 0) is 45.1 Å². The number of carbonyl (C=O) groups excluding carboxylic acids is 2. The van der Waals surface area contributed by atoms with Gasteiger partial charge in [0.05, 0.1) is 24.8 Å². The van der Waals surface area contributed by atoms with E-state index in [4.69, 9.17) is 9.47 Å². The van der Waals surface area contributed by atoms with Gasteiger partial charge in [0.2, 0.25) is 0 Å². The molecular weight excluding hydrogens is 322 g/mol. The van der Waals surface area contributed by atoms with Crippen LogP contribution < -0.4 is 0 Å². The Morgan fingerprint density at radius 3 is 2.88 bits per heavy atom. The fraction of sp³-hybridized carbons (Fsp3) is 0.722. The molecule has 2 fully saturated rings. The zero-order valence-corrected chi connectivity index (χ0v) is 15.2. The SMILES string of the molecule is CCOC(=O)[C@@H]1C[C@@H]1CN(Cc1cc(C)n(C)n1)C(=O)[C@@H]1CCCO1. The number of esters is 1. The average Bonchev–Trinajstić information content (AvgIpc) is 2.99. The molecule has 0 unspecified atom stereocenters. The highest BCUT2D eigenvalue weighted by molar-refractivity contribution is 5.81. The number of nitrogens with zero attached hydrogens (tertiary/aromatic N) is 3. The van der Waals surface area contributed by atoms with Crippen molar-refractivity contribution in [3.63, 3.8) is 0 Å². The minimum Gasteiger partial charge on any atom is -0.466 e. The number of amides is 1. The Hall–Kier alpha value is -1.89. The molecule has 2 heterocycles. The second-order valence-corrected chi connectivity index (χ2v) is 6.98. The zero-order valence-electron chi connectivity index (χ0n) is 15.2. The Balaban J connectivity index is 1.66. The maximum Gasteiger partial charge on any atom is 0.309 e. The third-order valence-corrected chi connectivity index (χ3v) is 5.00. The van der Waals surface area contributed by atoms with Gasteiger partial charge in [0, 0.05) is 25.9 Å². The standard InChI is InChI=1S/C18H27N3O4/c1-4-24-18(23)15-9-13(15)10-21(17(22)16-6-5-7-25-16)11-14-8-12(2)20(3)19-14/h8,13,15-16H,4-7,9-11H2,1-3H3/t13-,15-,16+/m1/s1. The molecule has 0 N–H and O–H groups in total. The topological polar surface area (TPSA) is 73.7 Å². The minimum absolute atomic E-state index is 0.00955. The van der Waals surface area contributed by atoms with Crippen LogP contribution >= 0.6 is 0 Å². The molecule has 3 atom stereocenters. The number of ether oxygens (including phenoxy) is 2. The molecule has 0 spiro atoms. The van der Waals surface area contributed by atoms with Crippen molar-refractivity contribution in [2.75, 3.05) is 19.8 Å². The third kappa shape index (κ3) is 4.21. The molecule has 3 rings (SSSR count). The van der Waals surface area contributed by atoms with Crippen LogP contribution in [0.4, 0.5) is 0 Å². The summed E-state index contributed by atoms with van der Waals surface area (Å²) in [5.74, 6) is -0.0413. The zero-order chi connectivity index (χ0) is 18.0. The summed E-state index contributed by atoms with van der Waals surface area (Å²) < 4.78 is 12.5. The summed E-state index contributed by atoms with van der Waals surface area (Å²) in [6.07, 6.45) is 2.12. The van der Waals surface area contributed by atoms with Crippen LogP contribution in [0.25, 0.3) is 0 Å². The van der Waals surface area contributed by atoms with Gasteiger partial charge in [-0.25, -0.2) is 0 Å². The fourth-order valence-corrected chi connectivity index (χ4v) is 3.39.